The van der Waals surface area contributed by atoms with E-state index in [9.17, 15) is 9.59 Å². The van der Waals surface area contributed by atoms with Crippen molar-refractivity contribution in [1.29, 1.82) is 0 Å². The normalized spacial score (nSPS) is 48.9. The third kappa shape index (κ3) is 2.90. The molecular formula is C27H38O3. The molecule has 0 radical (unpaired) electrons. The Bertz CT molecular complexity index is 809. The summed E-state index contributed by atoms with van der Waals surface area (Å²) in [5, 5.41) is 0. The predicted octanol–water partition coefficient (Wildman–Crippen LogP) is 5.89. The summed E-state index contributed by atoms with van der Waals surface area (Å²) in [6, 6.07) is 0. The smallest absolute Gasteiger partial charge is 0.308 e. The van der Waals surface area contributed by atoms with Crippen LogP contribution in [0.4, 0.5) is 0 Å². The first-order valence-corrected chi connectivity index (χ1v) is 12.4. The number of esters is 1. The lowest BCUT2D eigenvalue weighted by atomic mass is 9.47. The van der Waals surface area contributed by atoms with Gasteiger partial charge in [-0.1, -0.05) is 39.3 Å². The largest absolute Gasteiger partial charge is 0.462 e. The van der Waals surface area contributed by atoms with Crippen LogP contribution < -0.4 is 0 Å². The average molecular weight is 411 g/mol. The molecule has 0 bridgehead atoms. The Balaban J connectivity index is 1.37. The number of ketones is 1. The minimum absolute atomic E-state index is 0.0136. The van der Waals surface area contributed by atoms with E-state index in [0.29, 0.717) is 23.2 Å². The van der Waals surface area contributed by atoms with Gasteiger partial charge in [-0.2, -0.15) is 0 Å². The highest BCUT2D eigenvalue weighted by atomic mass is 16.5. The summed E-state index contributed by atoms with van der Waals surface area (Å²) >= 11 is 0. The van der Waals surface area contributed by atoms with E-state index in [1.54, 1.807) is 0 Å². The topological polar surface area (TPSA) is 43.4 Å². The van der Waals surface area contributed by atoms with Crippen molar-refractivity contribution in [3.05, 3.63) is 23.8 Å². The molecule has 30 heavy (non-hydrogen) atoms. The first-order valence-electron chi connectivity index (χ1n) is 12.4. The molecule has 1 saturated heterocycles. The third-order valence-electron chi connectivity index (χ3n) is 10.4. The zero-order valence-corrected chi connectivity index (χ0v) is 19.2. The molecule has 3 heteroatoms. The number of rotatable bonds is 2. The fraction of sp³-hybridized carbons (Fsp3) is 0.778. The number of fused-ring (bicyclic) bond motifs is 5. The van der Waals surface area contributed by atoms with Gasteiger partial charge < -0.3 is 4.74 Å². The lowest BCUT2D eigenvalue weighted by Gasteiger charge is -2.57. The number of ether oxygens (including phenoxy) is 1. The molecule has 5 aliphatic rings. The number of allylic oxidation sites excluding steroid dienone is 4. The van der Waals surface area contributed by atoms with Crippen LogP contribution in [0.5, 0.6) is 0 Å². The molecule has 0 N–H and O–H groups in total. The molecule has 3 nitrogen and oxygen atoms in total. The van der Waals surface area contributed by atoms with Crippen molar-refractivity contribution in [1.82, 2.24) is 0 Å². The maximum atomic E-state index is 12.2. The Hall–Kier alpha value is -1.38. The van der Waals surface area contributed by atoms with E-state index >= 15 is 0 Å². The number of cyclic esters (lactones) is 1. The molecule has 0 amide bonds. The summed E-state index contributed by atoms with van der Waals surface area (Å²) in [7, 11) is 0. The Kier molecular flexibility index (Phi) is 4.83. The Morgan fingerprint density at radius 2 is 1.83 bits per heavy atom. The Labute approximate surface area is 181 Å². The maximum absolute atomic E-state index is 12.2. The van der Waals surface area contributed by atoms with Crippen LogP contribution in [0.2, 0.25) is 0 Å². The van der Waals surface area contributed by atoms with Crippen molar-refractivity contribution in [2.75, 3.05) is 0 Å². The molecule has 164 valence electrons. The fourth-order valence-corrected chi connectivity index (χ4v) is 8.59. The standard InChI is InChI=1S/C27H38O3/c1-16-5-10-24(30-25(16)29)17(2)21-8-9-22-20-7-6-18-15-19(28)11-13-26(18,3)23(20)12-14-27(21,22)4/h11,13,15-17,20-24H,5-10,12,14H2,1-4H3/t16-,17-,20-,21+,22-,23-,24+,26-,27+/m0/s1. The lowest BCUT2D eigenvalue weighted by molar-refractivity contribution is -0.166. The van der Waals surface area contributed by atoms with Gasteiger partial charge in [-0.25, -0.2) is 0 Å². The summed E-state index contributed by atoms with van der Waals surface area (Å²) in [5.74, 6) is 3.56. The van der Waals surface area contributed by atoms with Crippen molar-refractivity contribution in [2.24, 2.45) is 46.3 Å². The molecule has 0 aromatic heterocycles. The first-order chi connectivity index (χ1) is 14.2. The third-order valence-corrected chi connectivity index (χ3v) is 10.4. The van der Waals surface area contributed by atoms with Crippen LogP contribution >= 0.6 is 0 Å². The summed E-state index contributed by atoms with van der Waals surface area (Å²) < 4.78 is 5.91. The van der Waals surface area contributed by atoms with Crippen LogP contribution in [0, 0.1) is 46.3 Å². The van der Waals surface area contributed by atoms with Gasteiger partial charge in [0.1, 0.15) is 6.10 Å². The maximum Gasteiger partial charge on any atom is 0.308 e. The molecule has 0 spiro atoms. The van der Waals surface area contributed by atoms with Crippen LogP contribution in [0.25, 0.3) is 0 Å². The molecule has 1 heterocycles. The zero-order chi connectivity index (χ0) is 21.3. The highest BCUT2D eigenvalue weighted by Gasteiger charge is 2.59. The van der Waals surface area contributed by atoms with Gasteiger partial charge in [0.05, 0.1) is 5.92 Å². The van der Waals surface area contributed by atoms with Gasteiger partial charge in [0, 0.05) is 5.41 Å². The SMILES string of the molecule is C[C@@H]([C@H]1CC[C@H]2[C@@H]3CCC4=CC(=O)C=C[C@]4(C)[C@H]3CC[C@]12C)[C@H]1CC[C@H](C)C(=O)O1. The van der Waals surface area contributed by atoms with E-state index in [0.717, 1.165) is 31.1 Å². The monoisotopic (exact) mass is 410 g/mol. The summed E-state index contributed by atoms with van der Waals surface area (Å²) in [6.45, 7) is 9.30. The molecule has 3 saturated carbocycles. The highest BCUT2D eigenvalue weighted by molar-refractivity contribution is 6.01. The second-order valence-corrected chi connectivity index (χ2v) is 11.6. The van der Waals surface area contributed by atoms with Crippen molar-refractivity contribution in [3.8, 4) is 0 Å². The molecule has 5 rings (SSSR count). The predicted molar refractivity (Wildman–Crippen MR) is 118 cm³/mol. The summed E-state index contributed by atoms with van der Waals surface area (Å²) in [4.78, 5) is 24.2. The van der Waals surface area contributed by atoms with E-state index in [1.165, 1.54) is 37.7 Å². The van der Waals surface area contributed by atoms with E-state index in [4.69, 9.17) is 4.74 Å². The van der Waals surface area contributed by atoms with Gasteiger partial charge in [-0.15, -0.1) is 0 Å². The van der Waals surface area contributed by atoms with Gasteiger partial charge in [-0.05, 0) is 98.5 Å². The number of carbonyl (C=O) groups is 2. The van der Waals surface area contributed by atoms with E-state index < -0.39 is 0 Å². The van der Waals surface area contributed by atoms with Gasteiger partial charge in [0.2, 0.25) is 0 Å². The van der Waals surface area contributed by atoms with Crippen molar-refractivity contribution >= 4 is 11.8 Å². The Morgan fingerprint density at radius 3 is 2.60 bits per heavy atom. The van der Waals surface area contributed by atoms with Crippen LogP contribution in [0.15, 0.2) is 23.8 Å². The van der Waals surface area contributed by atoms with Crippen LogP contribution in [-0.2, 0) is 14.3 Å². The quantitative estimate of drug-likeness (QED) is 0.533. The summed E-state index contributed by atoms with van der Waals surface area (Å²) in [5.41, 5.74) is 1.82. The zero-order valence-electron chi connectivity index (χ0n) is 19.2. The first kappa shape index (κ1) is 20.5. The Morgan fingerprint density at radius 1 is 1.03 bits per heavy atom. The minimum Gasteiger partial charge on any atom is -0.462 e. The van der Waals surface area contributed by atoms with E-state index in [-0.39, 0.29) is 29.2 Å². The highest BCUT2D eigenvalue weighted by Crippen LogP contribution is 2.67. The molecular weight excluding hydrogens is 372 g/mol. The average Bonchev–Trinajstić information content (AvgIpc) is 3.07. The van der Waals surface area contributed by atoms with E-state index in [2.05, 4.69) is 26.8 Å². The van der Waals surface area contributed by atoms with Gasteiger partial charge in [0.25, 0.3) is 0 Å². The van der Waals surface area contributed by atoms with E-state index in [1.807, 2.05) is 19.1 Å². The number of hydrogen-bond acceptors (Lipinski definition) is 3. The molecule has 0 aromatic rings. The number of carbonyl (C=O) groups excluding carboxylic acids is 2. The minimum atomic E-state index is 0.0136. The van der Waals surface area contributed by atoms with Crippen LogP contribution in [0.1, 0.15) is 79.1 Å². The van der Waals surface area contributed by atoms with Gasteiger partial charge >= 0.3 is 5.97 Å². The summed E-state index contributed by atoms with van der Waals surface area (Å²) in [6.07, 6.45) is 15.6. The van der Waals surface area contributed by atoms with Crippen molar-refractivity contribution in [2.45, 2.75) is 85.2 Å². The van der Waals surface area contributed by atoms with Crippen LogP contribution in [0.3, 0.4) is 0 Å². The van der Waals surface area contributed by atoms with Crippen LogP contribution in [-0.4, -0.2) is 17.9 Å². The molecule has 0 unspecified atom stereocenters. The molecule has 4 fully saturated rings. The molecule has 1 aliphatic heterocycles. The molecule has 4 aliphatic carbocycles. The molecule has 0 aromatic carbocycles. The second-order valence-electron chi connectivity index (χ2n) is 11.6. The van der Waals surface area contributed by atoms with Gasteiger partial charge in [-0.3, -0.25) is 9.59 Å². The van der Waals surface area contributed by atoms with Crippen molar-refractivity contribution < 1.29 is 14.3 Å². The van der Waals surface area contributed by atoms with Gasteiger partial charge in [0.15, 0.2) is 5.78 Å². The second kappa shape index (κ2) is 7.07. The fourth-order valence-electron chi connectivity index (χ4n) is 8.59. The number of hydrogen-bond donors (Lipinski definition) is 0. The molecule has 9 atom stereocenters. The van der Waals surface area contributed by atoms with Crippen molar-refractivity contribution in [3.63, 3.8) is 0 Å². The lowest BCUT2D eigenvalue weighted by Crippen LogP contribution is -2.51.